The number of carbonyl (C=O) groups is 1. The second-order valence-corrected chi connectivity index (χ2v) is 9.09. The van der Waals surface area contributed by atoms with E-state index in [0.717, 1.165) is 24.8 Å². The Labute approximate surface area is 194 Å². The van der Waals surface area contributed by atoms with Crippen molar-refractivity contribution in [1.29, 1.82) is 0 Å². The fourth-order valence-electron chi connectivity index (χ4n) is 3.06. The third-order valence-corrected chi connectivity index (χ3v) is 6.28. The molecule has 0 fully saturated rings. The number of nitrogens with one attached hydrogen (secondary N) is 1. The number of aryl methyl sites for hydroxylation is 1. The van der Waals surface area contributed by atoms with E-state index >= 15 is 0 Å². The van der Waals surface area contributed by atoms with Gasteiger partial charge in [-0.2, -0.15) is 0 Å². The highest BCUT2D eigenvalue weighted by atomic mass is 32.2. The first kappa shape index (κ1) is 24.1. The third-order valence-electron chi connectivity index (χ3n) is 4.88. The number of anilines is 1. The normalized spacial score (nSPS) is 11.1. The largest absolute Gasteiger partial charge is 0.490 e. The zero-order valence-electron chi connectivity index (χ0n) is 18.4. The Morgan fingerprint density at radius 3 is 1.91 bits per heavy atom. The number of rotatable bonds is 12. The Morgan fingerprint density at radius 2 is 1.39 bits per heavy atom. The monoisotopic (exact) mass is 469 g/mol. The maximum absolute atomic E-state index is 12.6. The molecule has 33 heavy (non-hydrogen) atoms. The molecule has 0 aliphatic carbocycles. The molecule has 8 heteroatoms. The van der Waals surface area contributed by atoms with Crippen LogP contribution < -0.4 is 14.2 Å². The fourth-order valence-corrected chi connectivity index (χ4v) is 4.12. The Bertz CT molecular complexity index is 1140. The number of carboxylic acid groups (broad SMARTS) is 1. The average Bonchev–Trinajstić information content (AvgIpc) is 2.82. The van der Waals surface area contributed by atoms with Crippen LogP contribution in [0.1, 0.15) is 35.7 Å². The van der Waals surface area contributed by atoms with Gasteiger partial charge in [-0.25, -0.2) is 13.2 Å². The number of carboxylic acids is 1. The van der Waals surface area contributed by atoms with Gasteiger partial charge in [0.15, 0.2) is 0 Å². The molecule has 0 aliphatic rings. The summed E-state index contributed by atoms with van der Waals surface area (Å²) in [5, 5.41) is 8.89. The number of ether oxygens (including phenoxy) is 2. The van der Waals surface area contributed by atoms with Gasteiger partial charge in [-0.1, -0.05) is 25.5 Å². The maximum Gasteiger partial charge on any atom is 0.335 e. The zero-order valence-corrected chi connectivity index (χ0v) is 19.2. The molecule has 0 amide bonds. The van der Waals surface area contributed by atoms with E-state index in [4.69, 9.17) is 14.6 Å². The van der Waals surface area contributed by atoms with Crippen LogP contribution in [0, 0.1) is 0 Å². The number of sulfonamides is 1. The SMILES string of the molecule is CCCCc1ccc(S(=O)(=O)Nc2ccc(OCCOc3ccc(C(=O)O)cc3)cc2)cc1. The van der Waals surface area contributed by atoms with Gasteiger partial charge < -0.3 is 14.6 Å². The standard InChI is InChI=1S/C25H27NO6S/c1-2-3-4-19-5-15-24(16-6-19)33(29,30)26-21-9-13-23(14-10-21)32-18-17-31-22-11-7-20(8-12-22)25(27)28/h5-16,26H,2-4,17-18H2,1H3,(H,27,28). The number of hydrogen-bond donors (Lipinski definition) is 2. The predicted octanol–water partition coefficient (Wildman–Crippen LogP) is 4.99. The summed E-state index contributed by atoms with van der Waals surface area (Å²) in [6.45, 7) is 2.67. The van der Waals surface area contributed by atoms with E-state index in [9.17, 15) is 13.2 Å². The lowest BCUT2D eigenvalue weighted by Crippen LogP contribution is -2.13. The van der Waals surface area contributed by atoms with Gasteiger partial charge >= 0.3 is 5.97 Å². The first-order valence-electron chi connectivity index (χ1n) is 10.7. The van der Waals surface area contributed by atoms with Crippen molar-refractivity contribution in [2.24, 2.45) is 0 Å². The van der Waals surface area contributed by atoms with Crippen LogP contribution in [0.3, 0.4) is 0 Å². The molecule has 0 saturated carbocycles. The molecule has 0 heterocycles. The Balaban J connectivity index is 1.47. The molecule has 0 bridgehead atoms. The minimum absolute atomic E-state index is 0.193. The fraction of sp³-hybridized carbons (Fsp3) is 0.240. The summed E-state index contributed by atoms with van der Waals surface area (Å²) in [5.41, 5.74) is 1.75. The van der Waals surface area contributed by atoms with Crippen LogP contribution >= 0.6 is 0 Å². The number of benzene rings is 3. The molecule has 0 unspecified atom stereocenters. The van der Waals surface area contributed by atoms with Crippen molar-refractivity contribution >= 4 is 21.7 Å². The Kier molecular flexibility index (Phi) is 8.32. The predicted molar refractivity (Wildman–Crippen MR) is 127 cm³/mol. The molecule has 3 rings (SSSR count). The van der Waals surface area contributed by atoms with Gasteiger partial charge in [0.1, 0.15) is 24.7 Å². The van der Waals surface area contributed by atoms with Crippen LogP contribution in [0.25, 0.3) is 0 Å². The quantitative estimate of drug-likeness (QED) is 0.363. The van der Waals surface area contributed by atoms with Gasteiger partial charge in [-0.3, -0.25) is 4.72 Å². The van der Waals surface area contributed by atoms with E-state index in [1.807, 2.05) is 12.1 Å². The van der Waals surface area contributed by atoms with Crippen LogP contribution in [0.4, 0.5) is 5.69 Å². The number of unbranched alkanes of at least 4 members (excludes halogenated alkanes) is 1. The topological polar surface area (TPSA) is 102 Å². The van der Waals surface area contributed by atoms with Crippen molar-refractivity contribution in [3.8, 4) is 11.5 Å². The van der Waals surface area contributed by atoms with Crippen LogP contribution in [-0.4, -0.2) is 32.7 Å². The van der Waals surface area contributed by atoms with Crippen LogP contribution in [0.2, 0.25) is 0 Å². The molecule has 3 aromatic carbocycles. The van der Waals surface area contributed by atoms with Crippen LogP contribution in [0.5, 0.6) is 11.5 Å². The molecule has 2 N–H and O–H groups in total. The summed E-state index contributed by atoms with van der Waals surface area (Å²) in [4.78, 5) is 11.1. The molecular weight excluding hydrogens is 442 g/mol. The maximum atomic E-state index is 12.6. The Morgan fingerprint density at radius 1 is 0.848 bits per heavy atom. The minimum atomic E-state index is -3.67. The number of hydrogen-bond acceptors (Lipinski definition) is 5. The minimum Gasteiger partial charge on any atom is -0.490 e. The highest BCUT2D eigenvalue weighted by Crippen LogP contribution is 2.20. The van der Waals surface area contributed by atoms with Crippen molar-refractivity contribution in [2.75, 3.05) is 17.9 Å². The molecular formula is C25H27NO6S. The second-order valence-electron chi connectivity index (χ2n) is 7.40. The lowest BCUT2D eigenvalue weighted by Gasteiger charge is -2.11. The van der Waals surface area contributed by atoms with E-state index < -0.39 is 16.0 Å². The van der Waals surface area contributed by atoms with Gasteiger partial charge in [-0.05, 0) is 79.1 Å². The van der Waals surface area contributed by atoms with E-state index in [1.165, 1.54) is 12.1 Å². The van der Waals surface area contributed by atoms with Crippen molar-refractivity contribution in [3.05, 3.63) is 83.9 Å². The van der Waals surface area contributed by atoms with Crippen molar-refractivity contribution in [2.45, 2.75) is 31.1 Å². The van der Waals surface area contributed by atoms with E-state index in [2.05, 4.69) is 11.6 Å². The smallest absolute Gasteiger partial charge is 0.335 e. The molecule has 0 saturated heterocycles. The highest BCUT2D eigenvalue weighted by molar-refractivity contribution is 7.92. The van der Waals surface area contributed by atoms with Gasteiger partial charge in [-0.15, -0.1) is 0 Å². The molecule has 3 aromatic rings. The zero-order chi connectivity index (χ0) is 23.7. The summed E-state index contributed by atoms with van der Waals surface area (Å²) in [6, 6.07) is 19.7. The summed E-state index contributed by atoms with van der Waals surface area (Å²) >= 11 is 0. The van der Waals surface area contributed by atoms with Gasteiger partial charge in [0.2, 0.25) is 0 Å². The van der Waals surface area contributed by atoms with E-state index in [-0.39, 0.29) is 23.7 Å². The molecule has 0 spiro atoms. The molecule has 174 valence electrons. The van der Waals surface area contributed by atoms with Crippen LogP contribution in [0.15, 0.2) is 77.7 Å². The van der Waals surface area contributed by atoms with E-state index in [0.29, 0.717) is 17.2 Å². The average molecular weight is 470 g/mol. The van der Waals surface area contributed by atoms with Crippen molar-refractivity contribution < 1.29 is 27.8 Å². The molecule has 7 nitrogen and oxygen atoms in total. The summed E-state index contributed by atoms with van der Waals surface area (Å²) in [6.07, 6.45) is 3.11. The molecule has 0 atom stereocenters. The van der Waals surface area contributed by atoms with Crippen LogP contribution in [-0.2, 0) is 16.4 Å². The van der Waals surface area contributed by atoms with Gasteiger partial charge in [0.05, 0.1) is 10.5 Å². The van der Waals surface area contributed by atoms with Crippen molar-refractivity contribution in [1.82, 2.24) is 0 Å². The Hall–Kier alpha value is -3.52. The highest BCUT2D eigenvalue weighted by Gasteiger charge is 2.14. The van der Waals surface area contributed by atoms with Crippen molar-refractivity contribution in [3.63, 3.8) is 0 Å². The summed E-state index contributed by atoms with van der Waals surface area (Å²) < 4.78 is 39.0. The third kappa shape index (κ3) is 7.25. The number of aromatic carboxylic acids is 1. The summed E-state index contributed by atoms with van der Waals surface area (Å²) in [5.74, 6) is 0.130. The van der Waals surface area contributed by atoms with Gasteiger partial charge in [0, 0.05) is 5.69 Å². The second kappa shape index (κ2) is 11.4. The molecule has 0 aliphatic heterocycles. The molecule has 0 aromatic heterocycles. The van der Waals surface area contributed by atoms with Gasteiger partial charge in [0.25, 0.3) is 10.0 Å². The molecule has 0 radical (unpaired) electrons. The first-order chi connectivity index (χ1) is 15.9. The summed E-state index contributed by atoms with van der Waals surface area (Å²) in [7, 11) is -3.67. The lowest BCUT2D eigenvalue weighted by molar-refractivity contribution is 0.0697. The lowest BCUT2D eigenvalue weighted by atomic mass is 10.1. The van der Waals surface area contributed by atoms with E-state index in [1.54, 1.807) is 48.5 Å². The first-order valence-corrected chi connectivity index (χ1v) is 12.2.